The minimum Gasteiger partial charge on any atom is -0.280 e. The van der Waals surface area contributed by atoms with E-state index in [1.807, 2.05) is 0 Å². The van der Waals surface area contributed by atoms with Gasteiger partial charge >= 0.3 is 12.4 Å². The van der Waals surface area contributed by atoms with Gasteiger partial charge in [-0.25, -0.2) is 13.1 Å². The van der Waals surface area contributed by atoms with Crippen molar-refractivity contribution in [3.8, 4) is 5.69 Å². The van der Waals surface area contributed by atoms with Gasteiger partial charge in [0.05, 0.1) is 20.6 Å². The van der Waals surface area contributed by atoms with Crippen molar-refractivity contribution in [1.29, 1.82) is 0 Å². The molecule has 0 saturated heterocycles. The minimum atomic E-state index is -5.11. The average molecular weight is 504 g/mol. The van der Waals surface area contributed by atoms with Gasteiger partial charge in [0.1, 0.15) is 5.69 Å². The van der Waals surface area contributed by atoms with Crippen LogP contribution >= 0.6 is 23.2 Å². The molecule has 2 aromatic carbocycles. The number of hydrogen-bond acceptors (Lipinski definition) is 3. The van der Waals surface area contributed by atoms with Gasteiger partial charge in [0.2, 0.25) is 0 Å². The van der Waals surface area contributed by atoms with E-state index >= 15 is 0 Å². The summed E-state index contributed by atoms with van der Waals surface area (Å²) in [6, 6.07) is 7.53. The van der Waals surface area contributed by atoms with Gasteiger partial charge in [0, 0.05) is 11.8 Å². The molecule has 3 rings (SSSR count). The van der Waals surface area contributed by atoms with Gasteiger partial charge in [-0.3, -0.25) is 4.72 Å². The molecule has 0 aliphatic carbocycles. The molecule has 0 aliphatic heterocycles. The summed E-state index contributed by atoms with van der Waals surface area (Å²) in [5.41, 5.74) is -3.78. The fraction of sp³-hybridized carbons (Fsp3) is 0.118. The van der Waals surface area contributed by atoms with E-state index in [1.165, 1.54) is 12.1 Å². The Hall–Kier alpha value is -2.44. The van der Waals surface area contributed by atoms with Gasteiger partial charge in [-0.15, -0.1) is 0 Å². The number of anilines is 1. The molecule has 14 heteroatoms. The van der Waals surface area contributed by atoms with E-state index in [0.717, 1.165) is 30.3 Å². The van der Waals surface area contributed by atoms with Crippen molar-refractivity contribution in [1.82, 2.24) is 9.78 Å². The molecular weight excluding hydrogens is 495 g/mol. The third kappa shape index (κ3) is 5.08. The molecule has 0 saturated carbocycles. The largest absolute Gasteiger partial charge is 0.435 e. The molecule has 31 heavy (non-hydrogen) atoms. The summed E-state index contributed by atoms with van der Waals surface area (Å²) in [5.74, 6) is 0. The van der Waals surface area contributed by atoms with Gasteiger partial charge < -0.3 is 0 Å². The van der Waals surface area contributed by atoms with Crippen LogP contribution in [-0.4, -0.2) is 18.2 Å². The van der Waals surface area contributed by atoms with Crippen LogP contribution in [-0.2, 0) is 22.4 Å². The Morgan fingerprint density at radius 3 is 1.97 bits per heavy atom. The van der Waals surface area contributed by atoms with Crippen molar-refractivity contribution in [2.45, 2.75) is 17.2 Å². The van der Waals surface area contributed by atoms with Crippen LogP contribution in [0.1, 0.15) is 11.4 Å². The van der Waals surface area contributed by atoms with E-state index in [-0.39, 0.29) is 37.1 Å². The maximum absolute atomic E-state index is 13.1. The summed E-state index contributed by atoms with van der Waals surface area (Å²) in [6.07, 6.45) is -10.2. The molecule has 5 nitrogen and oxygen atoms in total. The van der Waals surface area contributed by atoms with E-state index < -0.39 is 33.8 Å². The van der Waals surface area contributed by atoms with Gasteiger partial charge in [-0.2, -0.15) is 31.4 Å². The summed E-state index contributed by atoms with van der Waals surface area (Å²) in [4.78, 5) is -0.229. The molecular formula is C17H9Cl2F6N3O2S. The van der Waals surface area contributed by atoms with Crippen LogP contribution in [0.2, 0.25) is 10.0 Å². The van der Waals surface area contributed by atoms with Gasteiger partial charge in [-0.05, 0) is 42.5 Å². The van der Waals surface area contributed by atoms with Crippen LogP contribution in [0.25, 0.3) is 5.69 Å². The highest BCUT2D eigenvalue weighted by atomic mass is 35.5. The summed E-state index contributed by atoms with van der Waals surface area (Å²) < 4.78 is 105. The Morgan fingerprint density at radius 1 is 0.839 bits per heavy atom. The highest BCUT2D eigenvalue weighted by molar-refractivity contribution is 7.92. The van der Waals surface area contributed by atoms with E-state index in [2.05, 4.69) is 9.82 Å². The molecule has 1 N–H and O–H groups in total. The Labute approximate surface area is 181 Å². The first-order chi connectivity index (χ1) is 14.2. The Balaban J connectivity index is 1.93. The molecule has 0 fully saturated rings. The molecule has 1 heterocycles. The number of rotatable bonds is 4. The molecule has 0 spiro atoms. The maximum atomic E-state index is 13.1. The second-order valence-electron chi connectivity index (χ2n) is 6.05. The van der Waals surface area contributed by atoms with Crippen LogP contribution in [0.3, 0.4) is 0 Å². The van der Waals surface area contributed by atoms with Crippen molar-refractivity contribution in [3.63, 3.8) is 0 Å². The predicted molar refractivity (Wildman–Crippen MR) is 101 cm³/mol. The fourth-order valence-electron chi connectivity index (χ4n) is 2.45. The summed E-state index contributed by atoms with van der Waals surface area (Å²) >= 11 is 11.5. The molecule has 0 aliphatic rings. The SMILES string of the molecule is O=S(=O)(Nc1ccc(-n2nc(C(F)(F)F)cc2C(F)(F)F)cc1)c1ccc(Cl)c(Cl)c1. The number of hydrogen-bond donors (Lipinski definition) is 1. The number of halogens is 8. The number of benzene rings is 2. The molecule has 166 valence electrons. The monoisotopic (exact) mass is 503 g/mol. The summed E-state index contributed by atoms with van der Waals surface area (Å²) in [7, 11) is -4.12. The topological polar surface area (TPSA) is 64.0 Å². The zero-order chi connectivity index (χ0) is 23.2. The Bertz CT molecular complexity index is 1220. The van der Waals surface area contributed by atoms with Crippen molar-refractivity contribution < 1.29 is 34.8 Å². The van der Waals surface area contributed by atoms with E-state index in [1.54, 1.807) is 0 Å². The van der Waals surface area contributed by atoms with Crippen molar-refractivity contribution in [2.24, 2.45) is 0 Å². The second kappa shape index (κ2) is 7.92. The van der Waals surface area contributed by atoms with Gasteiger partial charge in [0.25, 0.3) is 10.0 Å². The summed E-state index contributed by atoms with van der Waals surface area (Å²) in [6.45, 7) is 0. The Morgan fingerprint density at radius 2 is 1.45 bits per heavy atom. The van der Waals surface area contributed by atoms with Crippen LogP contribution in [0.5, 0.6) is 0 Å². The second-order valence-corrected chi connectivity index (χ2v) is 8.55. The van der Waals surface area contributed by atoms with Crippen LogP contribution in [0, 0.1) is 0 Å². The molecule has 0 unspecified atom stereocenters. The van der Waals surface area contributed by atoms with Gasteiger partial charge in [-0.1, -0.05) is 23.2 Å². The highest BCUT2D eigenvalue weighted by Gasteiger charge is 2.42. The third-order valence-corrected chi connectivity index (χ3v) is 5.97. The van der Waals surface area contributed by atoms with Crippen molar-refractivity contribution >= 4 is 38.9 Å². The maximum Gasteiger partial charge on any atom is 0.435 e. The van der Waals surface area contributed by atoms with Crippen LogP contribution < -0.4 is 4.72 Å². The van der Waals surface area contributed by atoms with Crippen molar-refractivity contribution in [3.05, 3.63) is 70.0 Å². The minimum absolute atomic E-state index is 0.0151. The first kappa shape index (κ1) is 23.2. The van der Waals surface area contributed by atoms with Crippen LogP contribution in [0.15, 0.2) is 53.4 Å². The highest BCUT2D eigenvalue weighted by Crippen LogP contribution is 2.36. The fourth-order valence-corrected chi connectivity index (χ4v) is 3.89. The summed E-state index contributed by atoms with van der Waals surface area (Å²) in [5, 5.41) is 3.11. The molecule has 1 aromatic heterocycles. The number of alkyl halides is 6. The molecule has 0 amide bonds. The number of nitrogens with zero attached hydrogens (tertiary/aromatic N) is 2. The first-order valence-corrected chi connectivity index (χ1v) is 10.3. The lowest BCUT2D eigenvalue weighted by atomic mass is 10.2. The zero-order valence-electron chi connectivity index (χ0n) is 14.8. The molecule has 0 atom stereocenters. The first-order valence-electron chi connectivity index (χ1n) is 8.01. The predicted octanol–water partition coefficient (Wildman–Crippen LogP) is 6.02. The molecule has 0 radical (unpaired) electrons. The molecule has 0 bridgehead atoms. The standard InChI is InChI=1S/C17H9Cl2F6N3O2S/c18-12-6-5-11(7-13(12)19)31(29,30)27-9-1-3-10(4-2-9)28-15(17(23,24)25)8-14(26-28)16(20,21)22/h1-8,27H. The lowest BCUT2D eigenvalue weighted by molar-refractivity contribution is -0.143. The Kier molecular flexibility index (Phi) is 5.93. The average Bonchev–Trinajstić information content (AvgIpc) is 3.10. The quantitative estimate of drug-likeness (QED) is 0.443. The van der Waals surface area contributed by atoms with E-state index in [9.17, 15) is 34.8 Å². The zero-order valence-corrected chi connectivity index (χ0v) is 17.1. The lowest BCUT2D eigenvalue weighted by Gasteiger charge is -2.12. The van der Waals surface area contributed by atoms with E-state index in [4.69, 9.17) is 23.2 Å². The normalized spacial score (nSPS) is 12.8. The van der Waals surface area contributed by atoms with Crippen LogP contribution in [0.4, 0.5) is 32.0 Å². The number of nitrogens with one attached hydrogen (secondary N) is 1. The number of sulfonamides is 1. The van der Waals surface area contributed by atoms with Gasteiger partial charge in [0.15, 0.2) is 5.69 Å². The van der Waals surface area contributed by atoms with E-state index in [0.29, 0.717) is 0 Å². The smallest absolute Gasteiger partial charge is 0.280 e. The number of aromatic nitrogens is 2. The molecule has 3 aromatic rings. The third-order valence-electron chi connectivity index (χ3n) is 3.86. The lowest BCUT2D eigenvalue weighted by Crippen LogP contribution is -2.14. The van der Waals surface area contributed by atoms with Crippen molar-refractivity contribution in [2.75, 3.05) is 4.72 Å².